The van der Waals surface area contributed by atoms with Crippen LogP contribution >= 0.6 is 0 Å². The summed E-state index contributed by atoms with van der Waals surface area (Å²) in [5.74, 6) is -0.175. The molecule has 27 heavy (non-hydrogen) atoms. The van der Waals surface area contributed by atoms with E-state index < -0.39 is 0 Å². The minimum atomic E-state index is -0.330. The van der Waals surface area contributed by atoms with Crippen LogP contribution in [0.3, 0.4) is 0 Å². The molecule has 0 bridgehead atoms. The summed E-state index contributed by atoms with van der Waals surface area (Å²) in [6.45, 7) is 1.87. The number of benzene rings is 3. The van der Waals surface area contributed by atoms with Crippen LogP contribution in [-0.2, 0) is 0 Å². The Bertz CT molecular complexity index is 1180. The summed E-state index contributed by atoms with van der Waals surface area (Å²) in [7, 11) is 0. The molecule has 0 unspecified atom stereocenters. The van der Waals surface area contributed by atoms with Crippen LogP contribution in [0.2, 0.25) is 0 Å². The maximum absolute atomic E-state index is 13.2. The molecule has 0 fully saturated rings. The SMILES string of the molecule is Cc1cccc2c(=O)c(-c3ccccc3)c(NC(=O)c3ccccc3)oc12. The normalized spacial score (nSPS) is 10.7. The van der Waals surface area contributed by atoms with Crippen molar-refractivity contribution in [3.8, 4) is 11.1 Å². The smallest absolute Gasteiger partial charge is 0.257 e. The number of amides is 1. The monoisotopic (exact) mass is 355 g/mol. The Hall–Kier alpha value is -3.66. The van der Waals surface area contributed by atoms with Crippen molar-refractivity contribution in [3.05, 3.63) is 100 Å². The van der Waals surface area contributed by atoms with Gasteiger partial charge in [0.05, 0.1) is 10.9 Å². The average molecular weight is 355 g/mol. The second-order valence-electron chi connectivity index (χ2n) is 6.27. The van der Waals surface area contributed by atoms with E-state index in [0.29, 0.717) is 27.7 Å². The van der Waals surface area contributed by atoms with Crippen molar-refractivity contribution in [2.75, 3.05) is 5.32 Å². The van der Waals surface area contributed by atoms with E-state index in [-0.39, 0.29) is 17.2 Å². The van der Waals surface area contributed by atoms with Gasteiger partial charge in [0, 0.05) is 5.56 Å². The first-order valence-electron chi connectivity index (χ1n) is 8.63. The zero-order valence-corrected chi connectivity index (χ0v) is 14.7. The van der Waals surface area contributed by atoms with E-state index in [2.05, 4.69) is 5.32 Å². The van der Waals surface area contributed by atoms with Gasteiger partial charge in [-0.15, -0.1) is 0 Å². The molecule has 1 aromatic heterocycles. The summed E-state index contributed by atoms with van der Waals surface area (Å²) in [4.78, 5) is 25.9. The molecular formula is C23H17NO3. The lowest BCUT2D eigenvalue weighted by atomic mass is 10.0. The lowest BCUT2D eigenvalue weighted by Gasteiger charge is -2.12. The molecule has 0 saturated heterocycles. The first-order valence-corrected chi connectivity index (χ1v) is 8.63. The highest BCUT2D eigenvalue weighted by Crippen LogP contribution is 2.30. The van der Waals surface area contributed by atoms with Gasteiger partial charge in [0.15, 0.2) is 0 Å². The van der Waals surface area contributed by atoms with Crippen LogP contribution in [0.1, 0.15) is 15.9 Å². The van der Waals surface area contributed by atoms with E-state index in [1.807, 2.05) is 55.5 Å². The number of hydrogen-bond donors (Lipinski definition) is 1. The molecule has 0 aliphatic heterocycles. The third-order valence-corrected chi connectivity index (χ3v) is 4.44. The molecule has 0 radical (unpaired) electrons. The first kappa shape index (κ1) is 16.8. The molecule has 4 rings (SSSR count). The molecule has 0 spiro atoms. The highest BCUT2D eigenvalue weighted by molar-refractivity contribution is 6.06. The summed E-state index contributed by atoms with van der Waals surface area (Å²) in [5, 5.41) is 3.27. The average Bonchev–Trinajstić information content (AvgIpc) is 2.70. The van der Waals surface area contributed by atoms with Crippen molar-refractivity contribution in [3.63, 3.8) is 0 Å². The lowest BCUT2D eigenvalue weighted by molar-refractivity contribution is 0.102. The van der Waals surface area contributed by atoms with Crippen LogP contribution in [0.25, 0.3) is 22.1 Å². The molecule has 0 aliphatic rings. The number of fused-ring (bicyclic) bond motifs is 1. The molecule has 0 aliphatic carbocycles. The first-order chi connectivity index (χ1) is 13.1. The van der Waals surface area contributed by atoms with E-state index in [9.17, 15) is 9.59 Å². The van der Waals surface area contributed by atoms with Crippen molar-refractivity contribution < 1.29 is 9.21 Å². The van der Waals surface area contributed by atoms with Crippen LogP contribution in [0.15, 0.2) is 88.1 Å². The highest BCUT2D eigenvalue weighted by Gasteiger charge is 2.19. The Balaban J connectivity index is 1.94. The van der Waals surface area contributed by atoms with Gasteiger partial charge in [-0.05, 0) is 36.2 Å². The van der Waals surface area contributed by atoms with Crippen LogP contribution in [0, 0.1) is 6.92 Å². The fourth-order valence-corrected chi connectivity index (χ4v) is 3.08. The molecule has 0 atom stereocenters. The molecule has 4 heteroatoms. The standard InChI is InChI=1S/C23H17NO3/c1-15-9-8-14-18-20(25)19(16-10-4-2-5-11-16)23(27-21(15)18)24-22(26)17-12-6-3-7-13-17/h2-14H,1H3,(H,24,26). The zero-order chi connectivity index (χ0) is 18.8. The van der Waals surface area contributed by atoms with E-state index in [1.54, 1.807) is 30.3 Å². The van der Waals surface area contributed by atoms with Crippen LogP contribution in [0.5, 0.6) is 0 Å². The Morgan fingerprint density at radius 3 is 2.22 bits per heavy atom. The van der Waals surface area contributed by atoms with E-state index in [0.717, 1.165) is 5.56 Å². The third kappa shape index (κ3) is 3.13. The van der Waals surface area contributed by atoms with E-state index in [1.165, 1.54) is 0 Å². The predicted octanol–water partition coefficient (Wildman–Crippen LogP) is 5.02. The third-order valence-electron chi connectivity index (χ3n) is 4.44. The van der Waals surface area contributed by atoms with Crippen LogP contribution < -0.4 is 10.7 Å². The van der Waals surface area contributed by atoms with Gasteiger partial charge in [0.2, 0.25) is 11.3 Å². The quantitative estimate of drug-likeness (QED) is 0.561. The second kappa shape index (κ2) is 6.92. The number of para-hydroxylation sites is 1. The van der Waals surface area contributed by atoms with Gasteiger partial charge in [0.25, 0.3) is 5.91 Å². The molecule has 1 heterocycles. The minimum absolute atomic E-state index is 0.154. The summed E-state index contributed by atoms with van der Waals surface area (Å²) in [5.41, 5.74) is 2.67. The van der Waals surface area contributed by atoms with Gasteiger partial charge in [-0.3, -0.25) is 14.9 Å². The molecular weight excluding hydrogens is 338 g/mol. The number of aryl methyl sites for hydroxylation is 1. The topological polar surface area (TPSA) is 59.3 Å². The minimum Gasteiger partial charge on any atom is -0.439 e. The lowest BCUT2D eigenvalue weighted by Crippen LogP contribution is -2.16. The van der Waals surface area contributed by atoms with Crippen molar-refractivity contribution in [1.29, 1.82) is 0 Å². The Kier molecular flexibility index (Phi) is 4.30. The van der Waals surface area contributed by atoms with Crippen LogP contribution in [-0.4, -0.2) is 5.91 Å². The highest BCUT2D eigenvalue weighted by atomic mass is 16.4. The molecule has 3 aromatic carbocycles. The van der Waals surface area contributed by atoms with Crippen molar-refractivity contribution >= 4 is 22.8 Å². The molecule has 0 saturated carbocycles. The van der Waals surface area contributed by atoms with Crippen molar-refractivity contribution in [2.45, 2.75) is 6.92 Å². The maximum atomic E-state index is 13.2. The molecule has 4 aromatic rings. The number of carbonyl (C=O) groups is 1. The number of nitrogens with one attached hydrogen (secondary N) is 1. The molecule has 4 nitrogen and oxygen atoms in total. The van der Waals surface area contributed by atoms with Gasteiger partial charge in [-0.1, -0.05) is 60.7 Å². The van der Waals surface area contributed by atoms with Crippen LogP contribution in [0.4, 0.5) is 5.88 Å². The van der Waals surface area contributed by atoms with Gasteiger partial charge in [-0.25, -0.2) is 0 Å². The number of anilines is 1. The van der Waals surface area contributed by atoms with Crippen molar-refractivity contribution in [2.24, 2.45) is 0 Å². The largest absolute Gasteiger partial charge is 0.439 e. The van der Waals surface area contributed by atoms with E-state index in [4.69, 9.17) is 4.42 Å². The number of rotatable bonds is 3. The summed E-state index contributed by atoms with van der Waals surface area (Å²) in [6, 6.07) is 23.5. The van der Waals surface area contributed by atoms with Gasteiger partial charge < -0.3 is 4.42 Å². The second-order valence-corrected chi connectivity index (χ2v) is 6.27. The molecule has 1 amide bonds. The summed E-state index contributed by atoms with van der Waals surface area (Å²) < 4.78 is 6.02. The Morgan fingerprint density at radius 2 is 1.52 bits per heavy atom. The zero-order valence-electron chi connectivity index (χ0n) is 14.7. The maximum Gasteiger partial charge on any atom is 0.257 e. The molecule has 1 N–H and O–H groups in total. The summed E-state index contributed by atoms with van der Waals surface area (Å²) in [6.07, 6.45) is 0. The van der Waals surface area contributed by atoms with Gasteiger partial charge in [-0.2, -0.15) is 0 Å². The Labute approximate surface area is 156 Å². The predicted molar refractivity (Wildman–Crippen MR) is 107 cm³/mol. The number of hydrogen-bond acceptors (Lipinski definition) is 3. The van der Waals surface area contributed by atoms with Gasteiger partial charge in [0.1, 0.15) is 5.58 Å². The van der Waals surface area contributed by atoms with E-state index >= 15 is 0 Å². The fourth-order valence-electron chi connectivity index (χ4n) is 3.08. The molecule has 132 valence electrons. The Morgan fingerprint density at radius 1 is 0.852 bits per heavy atom. The fraction of sp³-hybridized carbons (Fsp3) is 0.0435. The summed E-state index contributed by atoms with van der Waals surface area (Å²) >= 11 is 0. The number of carbonyl (C=O) groups excluding carboxylic acids is 1. The van der Waals surface area contributed by atoms with Gasteiger partial charge >= 0.3 is 0 Å². The van der Waals surface area contributed by atoms with Crippen molar-refractivity contribution in [1.82, 2.24) is 0 Å².